The smallest absolute Gasteiger partial charge is 0.227 e. The third-order valence-corrected chi connectivity index (χ3v) is 10.6. The van der Waals surface area contributed by atoms with Gasteiger partial charge in [0.05, 0.1) is 12.1 Å². The Bertz CT molecular complexity index is 1110. The molecule has 2 aromatic heterocycles. The number of hydrogen-bond acceptors (Lipinski definition) is 8. The molecule has 5 N–H and O–H groups in total. The first-order chi connectivity index (χ1) is 17.4. The van der Waals surface area contributed by atoms with Crippen LogP contribution in [0.25, 0.3) is 11.2 Å². The molecule has 10 nitrogen and oxygen atoms in total. The normalized spacial score (nSPS) is 25.8. The van der Waals surface area contributed by atoms with Crippen LogP contribution in [-0.4, -0.2) is 69.1 Å². The SMILES string of the molecule is CCCCS(=O)(=O)N1CCC(C2(Nc3nc(NC4CCC(N)CC4)nc4nc[nH]c34)CCCC2)CC1. The minimum Gasteiger partial charge on any atom is -0.362 e. The first-order valence-corrected chi connectivity index (χ1v) is 15.5. The first kappa shape index (κ1) is 25.7. The Hall–Kier alpha value is -1.98. The van der Waals surface area contributed by atoms with E-state index >= 15 is 0 Å². The van der Waals surface area contributed by atoms with Gasteiger partial charge in [0.2, 0.25) is 16.0 Å². The Kier molecular flexibility index (Phi) is 7.69. The summed E-state index contributed by atoms with van der Waals surface area (Å²) < 4.78 is 27.2. The number of nitrogens with two attached hydrogens (primary N) is 1. The average molecular weight is 519 g/mol. The van der Waals surface area contributed by atoms with Gasteiger partial charge in [0, 0.05) is 30.7 Å². The summed E-state index contributed by atoms with van der Waals surface area (Å²) in [5.41, 5.74) is 7.49. The number of hydrogen-bond donors (Lipinski definition) is 4. The van der Waals surface area contributed by atoms with Crippen LogP contribution in [0, 0.1) is 5.92 Å². The lowest BCUT2D eigenvalue weighted by Gasteiger charge is -2.43. The van der Waals surface area contributed by atoms with E-state index in [2.05, 4.69) is 25.6 Å². The molecule has 3 aliphatic rings. The molecule has 1 saturated heterocycles. The lowest BCUT2D eigenvalue weighted by atomic mass is 9.76. The van der Waals surface area contributed by atoms with E-state index in [-0.39, 0.29) is 11.3 Å². The molecule has 0 bridgehead atoms. The molecule has 36 heavy (non-hydrogen) atoms. The number of unbranched alkanes of at least 4 members (excludes halogenated alkanes) is 1. The van der Waals surface area contributed by atoms with E-state index in [9.17, 15) is 8.42 Å². The lowest BCUT2D eigenvalue weighted by molar-refractivity contribution is 0.193. The van der Waals surface area contributed by atoms with Crippen LogP contribution in [-0.2, 0) is 10.0 Å². The van der Waals surface area contributed by atoms with Crippen molar-refractivity contribution in [3.8, 4) is 0 Å². The minimum absolute atomic E-state index is 0.0828. The highest BCUT2D eigenvalue weighted by atomic mass is 32.2. The van der Waals surface area contributed by atoms with Gasteiger partial charge < -0.3 is 21.4 Å². The summed E-state index contributed by atoms with van der Waals surface area (Å²) in [5.74, 6) is 2.08. The molecule has 2 saturated carbocycles. The highest BCUT2D eigenvalue weighted by Gasteiger charge is 2.44. The van der Waals surface area contributed by atoms with Crippen molar-refractivity contribution in [2.24, 2.45) is 11.7 Å². The summed E-state index contributed by atoms with van der Waals surface area (Å²) in [6.07, 6.45) is 13.6. The van der Waals surface area contributed by atoms with Gasteiger partial charge in [-0.3, -0.25) is 0 Å². The number of fused-ring (bicyclic) bond motifs is 1. The van der Waals surface area contributed by atoms with Crippen molar-refractivity contribution >= 4 is 33.0 Å². The Labute approximate surface area is 214 Å². The third-order valence-electron chi connectivity index (χ3n) is 8.64. The largest absolute Gasteiger partial charge is 0.362 e. The summed E-state index contributed by atoms with van der Waals surface area (Å²) in [6, 6.07) is 0.624. The molecule has 0 unspecified atom stereocenters. The van der Waals surface area contributed by atoms with Gasteiger partial charge in [-0.15, -0.1) is 0 Å². The molecule has 0 spiro atoms. The molecule has 0 atom stereocenters. The number of piperidine rings is 1. The molecular formula is C25H42N8O2S. The van der Waals surface area contributed by atoms with Gasteiger partial charge in [-0.25, -0.2) is 17.7 Å². The molecule has 2 aliphatic carbocycles. The van der Waals surface area contributed by atoms with Crippen LogP contribution < -0.4 is 16.4 Å². The molecule has 11 heteroatoms. The van der Waals surface area contributed by atoms with Crippen LogP contribution in [0.4, 0.5) is 11.8 Å². The van der Waals surface area contributed by atoms with Crippen molar-refractivity contribution < 1.29 is 8.42 Å². The van der Waals surface area contributed by atoms with Gasteiger partial charge in [-0.1, -0.05) is 26.2 Å². The summed E-state index contributed by atoms with van der Waals surface area (Å²) in [5, 5.41) is 7.41. The van der Waals surface area contributed by atoms with Gasteiger partial charge >= 0.3 is 0 Å². The predicted octanol–water partition coefficient (Wildman–Crippen LogP) is 3.60. The highest BCUT2D eigenvalue weighted by Crippen LogP contribution is 2.44. The molecule has 1 aliphatic heterocycles. The maximum absolute atomic E-state index is 12.7. The average Bonchev–Trinajstić information content (AvgIpc) is 3.55. The Morgan fingerprint density at radius 2 is 1.83 bits per heavy atom. The van der Waals surface area contributed by atoms with E-state index in [0.29, 0.717) is 42.7 Å². The van der Waals surface area contributed by atoms with E-state index in [4.69, 9.17) is 10.7 Å². The number of nitrogens with zero attached hydrogens (tertiary/aromatic N) is 4. The van der Waals surface area contributed by atoms with Crippen LogP contribution in [0.15, 0.2) is 6.33 Å². The van der Waals surface area contributed by atoms with Crippen LogP contribution in [0.1, 0.15) is 84.0 Å². The molecule has 0 amide bonds. The van der Waals surface area contributed by atoms with Gasteiger partial charge in [0.15, 0.2) is 11.5 Å². The van der Waals surface area contributed by atoms with Crippen molar-refractivity contribution in [1.82, 2.24) is 24.2 Å². The lowest BCUT2D eigenvalue weighted by Crippen LogP contribution is -2.50. The van der Waals surface area contributed by atoms with Crippen molar-refractivity contribution in [2.75, 3.05) is 29.5 Å². The minimum atomic E-state index is -3.15. The molecular weight excluding hydrogens is 476 g/mol. The van der Waals surface area contributed by atoms with E-state index in [1.54, 1.807) is 10.6 Å². The Morgan fingerprint density at radius 3 is 2.53 bits per heavy atom. The standard InChI is InChI=1S/C25H42N8O2S/c1-2-3-16-36(34,35)33-14-10-18(11-15-33)25(12-4-5-13-25)32-23-21-22(28-17-27-21)30-24(31-23)29-20-8-6-19(26)7-9-20/h17-20H,2-16,26H2,1H3,(H3,27,28,29,30,31,32). The zero-order chi connectivity index (χ0) is 25.2. The number of anilines is 2. The van der Waals surface area contributed by atoms with Crippen LogP contribution >= 0.6 is 0 Å². The molecule has 0 radical (unpaired) electrons. The zero-order valence-corrected chi connectivity index (χ0v) is 22.3. The molecule has 0 aromatic carbocycles. The predicted molar refractivity (Wildman–Crippen MR) is 143 cm³/mol. The Morgan fingerprint density at radius 1 is 1.11 bits per heavy atom. The second-order valence-corrected chi connectivity index (χ2v) is 13.2. The van der Waals surface area contributed by atoms with Crippen LogP contribution in [0.5, 0.6) is 0 Å². The number of H-pyrrole nitrogens is 1. The topological polar surface area (TPSA) is 142 Å². The second-order valence-electron chi connectivity index (χ2n) is 11.1. The third kappa shape index (κ3) is 5.47. The number of sulfonamides is 1. The maximum atomic E-state index is 12.7. The molecule has 2 aromatic rings. The quantitative estimate of drug-likeness (QED) is 0.394. The first-order valence-electron chi connectivity index (χ1n) is 13.9. The fourth-order valence-electron chi connectivity index (χ4n) is 6.45. The van der Waals surface area contributed by atoms with Crippen LogP contribution in [0.3, 0.4) is 0 Å². The summed E-state index contributed by atoms with van der Waals surface area (Å²) in [4.78, 5) is 17.3. The number of aromatic amines is 1. The highest BCUT2D eigenvalue weighted by molar-refractivity contribution is 7.89. The molecule has 5 rings (SSSR count). The fourth-order valence-corrected chi connectivity index (χ4v) is 8.13. The summed E-state index contributed by atoms with van der Waals surface area (Å²) in [6.45, 7) is 3.26. The van der Waals surface area contributed by atoms with Gasteiger partial charge in [0.1, 0.15) is 5.52 Å². The summed E-state index contributed by atoms with van der Waals surface area (Å²) in [7, 11) is -3.15. The molecule has 3 heterocycles. The molecule has 3 fully saturated rings. The van der Waals surface area contributed by atoms with Crippen molar-refractivity contribution in [2.45, 2.75) is 102 Å². The maximum Gasteiger partial charge on any atom is 0.227 e. The van der Waals surface area contributed by atoms with Crippen molar-refractivity contribution in [1.29, 1.82) is 0 Å². The Balaban J connectivity index is 1.33. The molecule has 200 valence electrons. The van der Waals surface area contributed by atoms with Gasteiger partial charge in [0.25, 0.3) is 0 Å². The van der Waals surface area contributed by atoms with Gasteiger partial charge in [-0.05, 0) is 63.7 Å². The number of nitrogens with one attached hydrogen (secondary N) is 3. The monoisotopic (exact) mass is 518 g/mol. The van der Waals surface area contributed by atoms with E-state index < -0.39 is 10.0 Å². The number of rotatable bonds is 9. The number of imidazole rings is 1. The summed E-state index contributed by atoms with van der Waals surface area (Å²) >= 11 is 0. The van der Waals surface area contributed by atoms with E-state index in [1.165, 1.54) is 12.8 Å². The van der Waals surface area contributed by atoms with E-state index in [0.717, 1.165) is 75.5 Å². The zero-order valence-electron chi connectivity index (χ0n) is 21.5. The van der Waals surface area contributed by atoms with Crippen molar-refractivity contribution in [3.63, 3.8) is 0 Å². The van der Waals surface area contributed by atoms with Crippen LogP contribution in [0.2, 0.25) is 0 Å². The fraction of sp³-hybridized carbons (Fsp3) is 0.800. The van der Waals surface area contributed by atoms with Crippen molar-refractivity contribution in [3.05, 3.63) is 6.33 Å². The van der Waals surface area contributed by atoms with Gasteiger partial charge in [-0.2, -0.15) is 9.97 Å². The number of aromatic nitrogens is 4. The van der Waals surface area contributed by atoms with E-state index in [1.807, 2.05) is 6.92 Å². The second kappa shape index (κ2) is 10.8.